The van der Waals surface area contributed by atoms with Crippen LogP contribution in [-0.2, 0) is 11.3 Å². The van der Waals surface area contributed by atoms with Crippen molar-refractivity contribution < 1.29 is 18.8 Å². The summed E-state index contributed by atoms with van der Waals surface area (Å²) in [4.78, 5) is 25.5. The third kappa shape index (κ3) is 4.42. The van der Waals surface area contributed by atoms with Gasteiger partial charge in [-0.15, -0.1) is 0 Å². The highest BCUT2D eigenvalue weighted by atomic mass is 35.5. The summed E-state index contributed by atoms with van der Waals surface area (Å²) < 4.78 is 10.9. The van der Waals surface area contributed by atoms with Gasteiger partial charge < -0.3 is 9.26 Å². The maximum atomic E-state index is 13.2. The van der Waals surface area contributed by atoms with Gasteiger partial charge in [0.05, 0.1) is 16.8 Å². The Morgan fingerprint density at radius 3 is 2.32 bits per heavy atom. The molecule has 0 N–H and O–H groups in total. The van der Waals surface area contributed by atoms with E-state index in [2.05, 4.69) is 5.16 Å². The summed E-state index contributed by atoms with van der Waals surface area (Å²) in [5.74, 6) is -0.246. The number of hydrogen-bond donors (Lipinski definition) is 0. The number of benzene rings is 3. The summed E-state index contributed by atoms with van der Waals surface area (Å²) in [5, 5.41) is 4.59. The predicted molar refractivity (Wildman–Crippen MR) is 117 cm³/mol. The summed E-state index contributed by atoms with van der Waals surface area (Å²) in [6, 6.07) is 22.6. The molecule has 0 radical (unpaired) electrons. The third-order valence-corrected chi connectivity index (χ3v) is 5.08. The molecule has 0 aliphatic rings. The molecular weight excluding hydrogens is 414 g/mol. The smallest absolute Gasteiger partial charge is 0.338 e. The third-order valence-electron chi connectivity index (χ3n) is 4.82. The highest BCUT2D eigenvalue weighted by Gasteiger charge is 2.22. The van der Waals surface area contributed by atoms with Gasteiger partial charge in [-0.05, 0) is 48.9 Å². The zero-order valence-corrected chi connectivity index (χ0v) is 17.4. The second-order valence-corrected chi connectivity index (χ2v) is 7.33. The van der Waals surface area contributed by atoms with Gasteiger partial charge in [0.1, 0.15) is 0 Å². The molecule has 0 aliphatic heterocycles. The van der Waals surface area contributed by atoms with Crippen LogP contribution in [0.1, 0.15) is 37.7 Å². The van der Waals surface area contributed by atoms with Gasteiger partial charge in [-0.25, -0.2) is 4.79 Å². The quantitative estimate of drug-likeness (QED) is 0.281. The van der Waals surface area contributed by atoms with Crippen molar-refractivity contribution in [3.63, 3.8) is 0 Å². The van der Waals surface area contributed by atoms with Crippen LogP contribution < -0.4 is 0 Å². The van der Waals surface area contributed by atoms with Crippen LogP contribution in [0.15, 0.2) is 83.4 Å². The lowest BCUT2D eigenvalue weighted by Gasteiger charge is -2.10. The van der Waals surface area contributed by atoms with Crippen molar-refractivity contribution >= 4 is 23.4 Å². The molecule has 0 saturated carbocycles. The van der Waals surface area contributed by atoms with Gasteiger partial charge in [0, 0.05) is 16.1 Å². The Morgan fingerprint density at radius 2 is 1.58 bits per heavy atom. The Bertz CT molecular complexity index is 1230. The second kappa shape index (κ2) is 8.98. The molecule has 0 unspecified atom stereocenters. The fraction of sp³-hybridized carbons (Fsp3) is 0.0800. The molecule has 154 valence electrons. The van der Waals surface area contributed by atoms with Crippen LogP contribution in [0.4, 0.5) is 0 Å². The number of aryl methyl sites for hydroxylation is 1. The highest BCUT2D eigenvalue weighted by Crippen LogP contribution is 2.32. The van der Waals surface area contributed by atoms with Gasteiger partial charge >= 0.3 is 5.97 Å². The van der Waals surface area contributed by atoms with E-state index in [0.29, 0.717) is 44.3 Å². The summed E-state index contributed by atoms with van der Waals surface area (Å²) in [5.41, 5.74) is 3.35. The summed E-state index contributed by atoms with van der Waals surface area (Å²) in [7, 11) is 0. The molecule has 0 aliphatic carbocycles. The number of ether oxygens (including phenoxy) is 1. The molecule has 0 fully saturated rings. The van der Waals surface area contributed by atoms with E-state index in [4.69, 9.17) is 20.9 Å². The molecule has 3 aromatic carbocycles. The minimum Gasteiger partial charge on any atom is -0.454 e. The van der Waals surface area contributed by atoms with Gasteiger partial charge in [-0.1, -0.05) is 59.2 Å². The Morgan fingerprint density at radius 1 is 0.903 bits per heavy atom. The van der Waals surface area contributed by atoms with Crippen LogP contribution in [0.2, 0.25) is 5.02 Å². The Labute approximate surface area is 184 Å². The lowest BCUT2D eigenvalue weighted by Crippen LogP contribution is -2.06. The molecule has 4 aromatic rings. The normalized spacial score (nSPS) is 10.6. The van der Waals surface area contributed by atoms with Gasteiger partial charge in [-0.2, -0.15) is 0 Å². The number of hydrogen-bond acceptors (Lipinski definition) is 5. The van der Waals surface area contributed by atoms with Crippen molar-refractivity contribution in [1.29, 1.82) is 0 Å². The number of carbonyl (C=O) groups excluding carboxylic acids is 2. The van der Waals surface area contributed by atoms with E-state index >= 15 is 0 Å². The van der Waals surface area contributed by atoms with Crippen molar-refractivity contribution in [2.24, 2.45) is 0 Å². The van der Waals surface area contributed by atoms with E-state index in [9.17, 15) is 9.59 Å². The second-order valence-electron chi connectivity index (χ2n) is 6.89. The fourth-order valence-electron chi connectivity index (χ4n) is 3.30. The van der Waals surface area contributed by atoms with Crippen molar-refractivity contribution in [2.45, 2.75) is 13.5 Å². The van der Waals surface area contributed by atoms with Gasteiger partial charge in [0.25, 0.3) is 0 Å². The van der Waals surface area contributed by atoms with Crippen LogP contribution in [0.5, 0.6) is 0 Å². The average Bonchev–Trinajstić information content (AvgIpc) is 3.18. The monoisotopic (exact) mass is 431 g/mol. The van der Waals surface area contributed by atoms with Crippen molar-refractivity contribution in [2.75, 3.05) is 0 Å². The predicted octanol–water partition coefficient (Wildman–Crippen LogP) is 5.89. The number of rotatable bonds is 6. The molecule has 1 heterocycles. The largest absolute Gasteiger partial charge is 0.454 e. The highest BCUT2D eigenvalue weighted by molar-refractivity contribution is 6.30. The maximum absolute atomic E-state index is 13.2. The number of carbonyl (C=O) groups is 2. The first-order valence-electron chi connectivity index (χ1n) is 9.61. The average molecular weight is 432 g/mol. The number of halogens is 1. The van der Waals surface area contributed by atoms with E-state index in [0.717, 1.165) is 0 Å². The van der Waals surface area contributed by atoms with E-state index in [-0.39, 0.29) is 12.4 Å². The van der Waals surface area contributed by atoms with E-state index in [1.54, 1.807) is 67.6 Å². The van der Waals surface area contributed by atoms with Crippen LogP contribution in [0.3, 0.4) is 0 Å². The van der Waals surface area contributed by atoms with Crippen LogP contribution in [0, 0.1) is 6.92 Å². The molecule has 4 rings (SSSR count). The molecule has 0 amide bonds. The number of aromatic nitrogens is 1. The molecule has 5 nitrogen and oxygen atoms in total. The Hall–Kier alpha value is -3.70. The lowest BCUT2D eigenvalue weighted by molar-refractivity contribution is 0.0438. The van der Waals surface area contributed by atoms with Crippen molar-refractivity contribution in [3.8, 4) is 11.1 Å². The molecular formula is C25H18ClNO4. The minimum atomic E-state index is -0.467. The molecule has 0 atom stereocenters. The van der Waals surface area contributed by atoms with Crippen LogP contribution in [-0.4, -0.2) is 16.9 Å². The molecule has 31 heavy (non-hydrogen) atoms. The molecule has 1 aromatic heterocycles. The van der Waals surface area contributed by atoms with E-state index in [1.165, 1.54) is 0 Å². The first-order valence-corrected chi connectivity index (χ1v) is 9.99. The SMILES string of the molecule is Cc1noc(COC(=O)c2ccccc2)c1-c1ccccc1C(=O)c1ccc(Cl)cc1. The number of ketones is 1. The van der Waals surface area contributed by atoms with Crippen molar-refractivity contribution in [1.82, 2.24) is 5.16 Å². The first-order chi connectivity index (χ1) is 15.0. The summed E-state index contributed by atoms with van der Waals surface area (Å²) in [6.45, 7) is 1.68. The summed E-state index contributed by atoms with van der Waals surface area (Å²) >= 11 is 5.95. The first kappa shape index (κ1) is 20.6. The Balaban J connectivity index is 1.65. The van der Waals surface area contributed by atoms with E-state index < -0.39 is 5.97 Å². The van der Waals surface area contributed by atoms with Gasteiger partial charge in [0.15, 0.2) is 18.2 Å². The lowest BCUT2D eigenvalue weighted by atomic mass is 9.93. The topological polar surface area (TPSA) is 69.4 Å². The zero-order valence-electron chi connectivity index (χ0n) is 16.7. The maximum Gasteiger partial charge on any atom is 0.338 e. The minimum absolute atomic E-state index is 0.104. The van der Waals surface area contributed by atoms with E-state index in [1.807, 2.05) is 18.2 Å². The Kier molecular flexibility index (Phi) is 5.96. The fourth-order valence-corrected chi connectivity index (χ4v) is 3.43. The summed E-state index contributed by atoms with van der Waals surface area (Å²) in [6.07, 6.45) is 0. The number of nitrogens with zero attached hydrogens (tertiary/aromatic N) is 1. The molecule has 0 bridgehead atoms. The zero-order chi connectivity index (χ0) is 21.8. The molecule has 6 heteroatoms. The standard InChI is InChI=1S/C25H18ClNO4/c1-16-23(22(31-27-16)15-30-25(29)18-7-3-2-4-8-18)20-9-5-6-10-21(20)24(28)17-11-13-19(26)14-12-17/h2-14H,15H2,1H3. The molecule has 0 saturated heterocycles. The van der Waals surface area contributed by atoms with Crippen molar-refractivity contribution in [3.05, 3.63) is 112 Å². The van der Waals surface area contributed by atoms with Gasteiger partial charge in [0.2, 0.25) is 0 Å². The van der Waals surface area contributed by atoms with Crippen LogP contribution >= 0.6 is 11.6 Å². The molecule has 0 spiro atoms. The number of esters is 1. The van der Waals surface area contributed by atoms with Gasteiger partial charge in [-0.3, -0.25) is 4.79 Å². The van der Waals surface area contributed by atoms with Crippen LogP contribution in [0.25, 0.3) is 11.1 Å².